The Morgan fingerprint density at radius 1 is 1.19 bits per heavy atom. The van der Waals surface area contributed by atoms with Gasteiger partial charge in [-0.2, -0.15) is 0 Å². The summed E-state index contributed by atoms with van der Waals surface area (Å²) in [5.41, 5.74) is 6.22. The smallest absolute Gasteiger partial charge is 0.227 e. The Hall–Kier alpha value is -1.92. The van der Waals surface area contributed by atoms with Crippen molar-refractivity contribution in [2.75, 3.05) is 5.32 Å². The second-order valence-electron chi connectivity index (χ2n) is 4.90. The molecule has 2 aromatic heterocycles. The van der Waals surface area contributed by atoms with E-state index in [1.54, 1.807) is 11.3 Å². The summed E-state index contributed by atoms with van der Waals surface area (Å²) in [4.78, 5) is 15.7. The van der Waals surface area contributed by atoms with Crippen LogP contribution in [0.4, 0.5) is 11.6 Å². The van der Waals surface area contributed by atoms with Crippen molar-refractivity contribution in [3.8, 4) is 10.6 Å². The van der Waals surface area contributed by atoms with Crippen molar-refractivity contribution in [2.24, 2.45) is 0 Å². The molecule has 0 saturated carbocycles. The van der Waals surface area contributed by atoms with Crippen LogP contribution in [0.25, 0.3) is 10.6 Å². The molecule has 1 aromatic carbocycles. The number of fused-ring (bicyclic) bond motifs is 3. The highest BCUT2D eigenvalue weighted by molar-refractivity contribution is 7.58. The fourth-order valence-electron chi connectivity index (χ4n) is 2.47. The molecule has 6 heteroatoms. The van der Waals surface area contributed by atoms with Gasteiger partial charge in [0, 0.05) is 18.0 Å². The van der Waals surface area contributed by atoms with Crippen molar-refractivity contribution in [1.29, 1.82) is 0 Å². The van der Waals surface area contributed by atoms with Gasteiger partial charge >= 0.3 is 0 Å². The van der Waals surface area contributed by atoms with Crippen LogP contribution < -0.4 is 5.32 Å². The Morgan fingerprint density at radius 3 is 3.05 bits per heavy atom. The van der Waals surface area contributed by atoms with Gasteiger partial charge in [0.05, 0.1) is 21.8 Å². The Balaban J connectivity index is 1.72. The number of hydrogen-bond acceptors (Lipinski definition) is 5. The molecular formula is C15H13N4S2+. The summed E-state index contributed by atoms with van der Waals surface area (Å²) in [6.45, 7) is 0. The number of aryl methyl sites for hydroxylation is 2. The van der Waals surface area contributed by atoms with Gasteiger partial charge in [0.2, 0.25) is 5.95 Å². The van der Waals surface area contributed by atoms with Crippen LogP contribution >= 0.6 is 11.3 Å². The summed E-state index contributed by atoms with van der Waals surface area (Å²) >= 11 is 5.16. The SMILES string of the molecule is [SH2+]c1cccc(Nc2ncc3c(n2)-c2scnc2CC3)c1. The summed E-state index contributed by atoms with van der Waals surface area (Å²) in [5.74, 6) is 0.618. The maximum absolute atomic E-state index is 4.68. The summed E-state index contributed by atoms with van der Waals surface area (Å²) in [6, 6.07) is 7.95. The Labute approximate surface area is 131 Å². The molecule has 0 bridgehead atoms. The fraction of sp³-hybridized carbons (Fsp3) is 0.133. The Bertz CT molecular complexity index is 813. The first-order chi connectivity index (χ1) is 10.3. The number of anilines is 2. The molecule has 0 spiro atoms. The lowest BCUT2D eigenvalue weighted by Gasteiger charge is -2.15. The first kappa shape index (κ1) is 12.8. The molecule has 2 heterocycles. The van der Waals surface area contributed by atoms with E-state index in [9.17, 15) is 0 Å². The number of thiazole rings is 1. The largest absolute Gasteiger partial charge is 0.324 e. The molecule has 3 aromatic rings. The van der Waals surface area contributed by atoms with Crippen LogP contribution in [0.15, 0.2) is 40.9 Å². The zero-order valence-corrected chi connectivity index (χ0v) is 12.9. The molecule has 4 nitrogen and oxygen atoms in total. The zero-order valence-electron chi connectivity index (χ0n) is 11.1. The maximum atomic E-state index is 4.68. The number of rotatable bonds is 2. The Kier molecular flexibility index (Phi) is 3.12. The van der Waals surface area contributed by atoms with Crippen LogP contribution in [0.1, 0.15) is 11.3 Å². The van der Waals surface area contributed by atoms with Gasteiger partial charge in [-0.3, -0.25) is 0 Å². The second-order valence-corrected chi connectivity index (χ2v) is 6.33. The maximum Gasteiger partial charge on any atom is 0.227 e. The van der Waals surface area contributed by atoms with Gasteiger partial charge in [-0.25, -0.2) is 15.0 Å². The van der Waals surface area contributed by atoms with Crippen molar-refractivity contribution < 1.29 is 0 Å². The number of aromatic nitrogens is 3. The minimum absolute atomic E-state index is 0.618. The van der Waals surface area contributed by atoms with Crippen LogP contribution in [-0.2, 0) is 25.5 Å². The lowest BCUT2D eigenvalue weighted by atomic mass is 10.00. The molecule has 0 amide bonds. The molecule has 0 saturated heterocycles. The molecule has 104 valence electrons. The molecule has 4 rings (SSSR count). The van der Waals surface area contributed by atoms with E-state index >= 15 is 0 Å². The van der Waals surface area contributed by atoms with Crippen molar-refractivity contribution in [3.63, 3.8) is 0 Å². The third kappa shape index (κ3) is 2.41. The lowest BCUT2D eigenvalue weighted by Crippen LogP contribution is -2.07. The highest BCUT2D eigenvalue weighted by atomic mass is 32.1. The molecule has 0 fully saturated rings. The normalized spacial score (nSPS) is 12.6. The molecule has 0 radical (unpaired) electrons. The van der Waals surface area contributed by atoms with Crippen LogP contribution in [0.5, 0.6) is 0 Å². The van der Waals surface area contributed by atoms with E-state index in [1.807, 2.05) is 36.0 Å². The lowest BCUT2D eigenvalue weighted by molar-refractivity contribution is 0.888. The van der Waals surface area contributed by atoms with Gasteiger partial charge < -0.3 is 5.32 Å². The summed E-state index contributed by atoms with van der Waals surface area (Å²) in [6.07, 6.45) is 3.86. The molecule has 21 heavy (non-hydrogen) atoms. The molecule has 0 unspecified atom stereocenters. The number of nitrogens with zero attached hydrogens (tertiary/aromatic N) is 3. The summed E-state index contributed by atoms with van der Waals surface area (Å²) in [7, 11) is 0. The first-order valence-electron chi connectivity index (χ1n) is 6.67. The van der Waals surface area contributed by atoms with Gasteiger partial charge in [-0.05, 0) is 43.2 Å². The average Bonchev–Trinajstić information content (AvgIpc) is 2.96. The van der Waals surface area contributed by atoms with Gasteiger partial charge in [-0.15, -0.1) is 11.3 Å². The monoisotopic (exact) mass is 313 g/mol. The van der Waals surface area contributed by atoms with Gasteiger partial charge in [0.25, 0.3) is 0 Å². The van der Waals surface area contributed by atoms with E-state index < -0.39 is 0 Å². The molecular weight excluding hydrogens is 300 g/mol. The molecule has 1 aliphatic rings. The summed E-state index contributed by atoms with van der Waals surface area (Å²) < 4.78 is 0. The van der Waals surface area contributed by atoms with E-state index in [1.165, 1.54) is 10.4 Å². The van der Waals surface area contributed by atoms with Crippen molar-refractivity contribution >= 4 is 35.6 Å². The molecule has 0 atom stereocenters. The predicted octanol–water partition coefficient (Wildman–Crippen LogP) is 2.81. The third-order valence-corrected chi connectivity index (χ3v) is 4.66. The topological polar surface area (TPSA) is 50.7 Å². The van der Waals surface area contributed by atoms with E-state index in [0.29, 0.717) is 5.95 Å². The second kappa shape index (κ2) is 5.13. The number of nitrogens with one attached hydrogen (secondary N) is 1. The number of benzene rings is 1. The third-order valence-electron chi connectivity index (χ3n) is 3.47. The van der Waals surface area contributed by atoms with E-state index in [4.69, 9.17) is 0 Å². The minimum Gasteiger partial charge on any atom is -0.324 e. The van der Waals surface area contributed by atoms with E-state index in [-0.39, 0.29) is 0 Å². The minimum atomic E-state index is 0.618. The van der Waals surface area contributed by atoms with Gasteiger partial charge in [-0.1, -0.05) is 6.07 Å². The molecule has 0 aliphatic heterocycles. The van der Waals surface area contributed by atoms with Crippen molar-refractivity contribution in [1.82, 2.24) is 15.0 Å². The molecule has 1 N–H and O–H groups in total. The summed E-state index contributed by atoms with van der Waals surface area (Å²) in [5, 5.41) is 3.25. The van der Waals surface area contributed by atoms with Crippen LogP contribution in [0.2, 0.25) is 0 Å². The van der Waals surface area contributed by atoms with Crippen LogP contribution in [-0.4, -0.2) is 15.0 Å². The highest BCUT2D eigenvalue weighted by Crippen LogP contribution is 2.34. The van der Waals surface area contributed by atoms with Crippen LogP contribution in [0.3, 0.4) is 0 Å². The van der Waals surface area contributed by atoms with E-state index in [0.717, 1.165) is 34.8 Å². The average molecular weight is 313 g/mol. The predicted molar refractivity (Wildman–Crippen MR) is 88.7 cm³/mol. The molecule has 1 aliphatic carbocycles. The van der Waals surface area contributed by atoms with E-state index in [2.05, 4.69) is 32.9 Å². The zero-order chi connectivity index (χ0) is 14.2. The fourth-order valence-corrected chi connectivity index (χ4v) is 3.58. The van der Waals surface area contributed by atoms with Crippen molar-refractivity contribution in [2.45, 2.75) is 17.7 Å². The number of hydrogen-bond donors (Lipinski definition) is 1. The first-order valence-corrected chi connectivity index (χ1v) is 8.05. The Morgan fingerprint density at radius 2 is 2.14 bits per heavy atom. The van der Waals surface area contributed by atoms with Crippen LogP contribution in [0, 0.1) is 0 Å². The standard InChI is InChI=1S/C15H12N4S2/c20-11-3-1-2-10(6-11)18-15-16-7-9-4-5-12-14(13(9)19-15)21-8-17-12/h1-3,6-8,20H,4-5H2,(H,16,18,19)/p+1. The quantitative estimate of drug-likeness (QED) is 0.739. The highest BCUT2D eigenvalue weighted by Gasteiger charge is 2.20. The van der Waals surface area contributed by atoms with Gasteiger partial charge in [0.15, 0.2) is 4.90 Å². The van der Waals surface area contributed by atoms with Gasteiger partial charge in [0.1, 0.15) is 0 Å². The van der Waals surface area contributed by atoms with Crippen molar-refractivity contribution in [3.05, 3.63) is 47.2 Å².